The Morgan fingerprint density at radius 1 is 1.29 bits per heavy atom. The monoisotopic (exact) mass is 348 g/mol. The summed E-state index contributed by atoms with van der Waals surface area (Å²) >= 11 is 5.79. The molecule has 2 N–H and O–H groups in total. The lowest BCUT2D eigenvalue weighted by Gasteiger charge is -2.12. The highest BCUT2D eigenvalue weighted by molar-refractivity contribution is 6.30. The number of phenolic OH excluding ortho intramolecular Hbond substituents is 1. The molecule has 126 valence electrons. The Kier molecular flexibility index (Phi) is 6.03. The van der Waals surface area contributed by atoms with Crippen LogP contribution >= 0.6 is 11.6 Å². The first-order valence-corrected chi connectivity index (χ1v) is 7.50. The molecular weight excluding hydrogens is 332 g/mol. The number of nitrogens with zero attached hydrogens (tertiary/aromatic N) is 1. The van der Waals surface area contributed by atoms with Crippen LogP contribution in [0.3, 0.4) is 0 Å². The summed E-state index contributed by atoms with van der Waals surface area (Å²) < 4.78 is 10.5. The predicted molar refractivity (Wildman–Crippen MR) is 91.9 cm³/mol. The standard InChI is InChI=1S/C17H17ClN2O4/c1-11(24-14-8-6-13(18)7-9-14)17(22)20-19-10-12-4-3-5-15(23-2)16(12)21/h3-11,21H,1-2H3,(H,20,22)/b19-10-/t11-/m0/s1. The summed E-state index contributed by atoms with van der Waals surface area (Å²) in [6.07, 6.45) is 0.576. The van der Waals surface area contributed by atoms with E-state index >= 15 is 0 Å². The van der Waals surface area contributed by atoms with Gasteiger partial charge in [0.1, 0.15) is 5.75 Å². The van der Waals surface area contributed by atoms with Gasteiger partial charge in [0.2, 0.25) is 0 Å². The van der Waals surface area contributed by atoms with Crippen molar-refractivity contribution in [2.45, 2.75) is 13.0 Å². The van der Waals surface area contributed by atoms with Crippen LogP contribution in [0.4, 0.5) is 0 Å². The molecule has 0 saturated heterocycles. The summed E-state index contributed by atoms with van der Waals surface area (Å²) in [5, 5.41) is 14.3. The predicted octanol–water partition coefficient (Wildman–Crippen LogP) is 2.97. The number of aromatic hydroxyl groups is 1. The van der Waals surface area contributed by atoms with Gasteiger partial charge in [-0.15, -0.1) is 0 Å². The van der Waals surface area contributed by atoms with E-state index in [9.17, 15) is 9.90 Å². The molecule has 0 radical (unpaired) electrons. The van der Waals surface area contributed by atoms with Crippen LogP contribution in [0.1, 0.15) is 12.5 Å². The number of para-hydroxylation sites is 1. The molecule has 0 aliphatic carbocycles. The molecule has 0 unspecified atom stereocenters. The van der Waals surface area contributed by atoms with Crippen LogP contribution in [0.5, 0.6) is 17.2 Å². The highest BCUT2D eigenvalue weighted by atomic mass is 35.5. The fourth-order valence-corrected chi connectivity index (χ4v) is 1.96. The van der Waals surface area contributed by atoms with Crippen molar-refractivity contribution in [2.75, 3.05) is 7.11 Å². The van der Waals surface area contributed by atoms with E-state index in [2.05, 4.69) is 10.5 Å². The highest BCUT2D eigenvalue weighted by Crippen LogP contribution is 2.27. The van der Waals surface area contributed by atoms with Crippen molar-refractivity contribution in [2.24, 2.45) is 5.10 Å². The van der Waals surface area contributed by atoms with E-state index in [0.29, 0.717) is 22.1 Å². The molecule has 0 aromatic heterocycles. The van der Waals surface area contributed by atoms with Gasteiger partial charge < -0.3 is 14.6 Å². The number of hydrogen-bond donors (Lipinski definition) is 2. The Bertz CT molecular complexity index is 732. The second-order valence-corrected chi connectivity index (χ2v) is 5.28. The molecule has 0 saturated carbocycles. The van der Waals surface area contributed by atoms with Crippen LogP contribution in [0.15, 0.2) is 47.6 Å². The van der Waals surface area contributed by atoms with Crippen LogP contribution in [0.2, 0.25) is 5.02 Å². The molecule has 1 atom stereocenters. The third-order valence-corrected chi connectivity index (χ3v) is 3.38. The smallest absolute Gasteiger partial charge is 0.280 e. The number of hydrazone groups is 1. The Hall–Kier alpha value is -2.73. The molecule has 2 aromatic carbocycles. The maximum atomic E-state index is 11.9. The Morgan fingerprint density at radius 2 is 2.00 bits per heavy atom. The van der Waals surface area contributed by atoms with E-state index in [1.54, 1.807) is 49.4 Å². The first kappa shape index (κ1) is 17.6. The molecule has 0 spiro atoms. The van der Waals surface area contributed by atoms with Gasteiger partial charge in [-0.1, -0.05) is 17.7 Å². The molecule has 0 heterocycles. The Labute approximate surface area is 144 Å². The minimum atomic E-state index is -0.748. The molecule has 2 rings (SSSR count). The molecule has 6 nitrogen and oxygen atoms in total. The minimum Gasteiger partial charge on any atom is -0.504 e. The van der Waals surface area contributed by atoms with E-state index in [1.807, 2.05) is 0 Å². The lowest BCUT2D eigenvalue weighted by molar-refractivity contribution is -0.127. The van der Waals surface area contributed by atoms with Crippen LogP contribution in [-0.2, 0) is 4.79 Å². The normalized spacial score (nSPS) is 12.0. The number of benzene rings is 2. The number of halogens is 1. The molecule has 24 heavy (non-hydrogen) atoms. The first-order chi connectivity index (χ1) is 11.5. The van der Waals surface area contributed by atoms with E-state index in [1.165, 1.54) is 13.3 Å². The van der Waals surface area contributed by atoms with Gasteiger partial charge in [-0.2, -0.15) is 5.10 Å². The average Bonchev–Trinajstić information content (AvgIpc) is 2.58. The minimum absolute atomic E-state index is 0.0524. The van der Waals surface area contributed by atoms with Crippen molar-refractivity contribution in [3.05, 3.63) is 53.1 Å². The molecule has 1 amide bonds. The molecule has 0 aliphatic rings. The number of carbonyl (C=O) groups excluding carboxylic acids is 1. The summed E-state index contributed by atoms with van der Waals surface area (Å²) in [6.45, 7) is 1.60. The number of phenols is 1. The van der Waals surface area contributed by atoms with Gasteiger partial charge in [0.25, 0.3) is 5.91 Å². The molecule has 2 aromatic rings. The molecule has 0 fully saturated rings. The van der Waals surface area contributed by atoms with Crippen molar-refractivity contribution in [3.63, 3.8) is 0 Å². The van der Waals surface area contributed by atoms with Crippen molar-refractivity contribution < 1.29 is 19.4 Å². The third-order valence-electron chi connectivity index (χ3n) is 3.12. The average molecular weight is 349 g/mol. The topological polar surface area (TPSA) is 80.2 Å². The van der Waals surface area contributed by atoms with Crippen LogP contribution in [0.25, 0.3) is 0 Å². The highest BCUT2D eigenvalue weighted by Gasteiger charge is 2.14. The van der Waals surface area contributed by atoms with Gasteiger partial charge in [0, 0.05) is 10.6 Å². The van der Waals surface area contributed by atoms with Crippen LogP contribution in [-0.4, -0.2) is 30.4 Å². The van der Waals surface area contributed by atoms with Crippen molar-refractivity contribution in [1.82, 2.24) is 5.43 Å². The second-order valence-electron chi connectivity index (χ2n) is 4.85. The van der Waals surface area contributed by atoms with Crippen LogP contribution < -0.4 is 14.9 Å². The number of ether oxygens (including phenoxy) is 2. The van der Waals surface area contributed by atoms with E-state index in [-0.39, 0.29) is 5.75 Å². The zero-order chi connectivity index (χ0) is 17.5. The van der Waals surface area contributed by atoms with Crippen LogP contribution in [0, 0.1) is 0 Å². The van der Waals surface area contributed by atoms with Crippen molar-refractivity contribution in [1.29, 1.82) is 0 Å². The van der Waals surface area contributed by atoms with Gasteiger partial charge in [-0.3, -0.25) is 4.79 Å². The van der Waals surface area contributed by atoms with Gasteiger partial charge >= 0.3 is 0 Å². The molecule has 7 heteroatoms. The zero-order valence-corrected chi connectivity index (χ0v) is 13.9. The number of nitrogens with one attached hydrogen (secondary N) is 1. The fraction of sp³-hybridized carbons (Fsp3) is 0.176. The number of amides is 1. The number of rotatable bonds is 6. The van der Waals surface area contributed by atoms with E-state index < -0.39 is 12.0 Å². The van der Waals surface area contributed by atoms with Gasteiger partial charge in [-0.25, -0.2) is 5.43 Å². The SMILES string of the molecule is COc1cccc(/C=N\NC(=O)[C@H](C)Oc2ccc(Cl)cc2)c1O. The molecule has 0 bridgehead atoms. The lowest BCUT2D eigenvalue weighted by atomic mass is 10.2. The number of hydrogen-bond acceptors (Lipinski definition) is 5. The van der Waals surface area contributed by atoms with Gasteiger partial charge in [0.15, 0.2) is 17.6 Å². The lowest BCUT2D eigenvalue weighted by Crippen LogP contribution is -2.33. The van der Waals surface area contributed by atoms with E-state index in [0.717, 1.165) is 0 Å². The van der Waals surface area contributed by atoms with Gasteiger partial charge in [-0.05, 0) is 43.3 Å². The second kappa shape index (κ2) is 8.21. The fourth-order valence-electron chi connectivity index (χ4n) is 1.84. The maximum Gasteiger partial charge on any atom is 0.280 e. The Morgan fingerprint density at radius 3 is 2.67 bits per heavy atom. The number of carbonyl (C=O) groups is 1. The largest absolute Gasteiger partial charge is 0.504 e. The Balaban J connectivity index is 1.93. The maximum absolute atomic E-state index is 11.9. The summed E-state index contributed by atoms with van der Waals surface area (Å²) in [5.41, 5.74) is 2.77. The summed E-state index contributed by atoms with van der Waals surface area (Å²) in [5.74, 6) is 0.369. The summed E-state index contributed by atoms with van der Waals surface area (Å²) in [4.78, 5) is 11.9. The summed E-state index contributed by atoms with van der Waals surface area (Å²) in [7, 11) is 1.45. The van der Waals surface area contributed by atoms with Crippen molar-refractivity contribution in [3.8, 4) is 17.2 Å². The van der Waals surface area contributed by atoms with Gasteiger partial charge in [0.05, 0.1) is 13.3 Å². The van der Waals surface area contributed by atoms with Crippen molar-refractivity contribution >= 4 is 23.7 Å². The number of methoxy groups -OCH3 is 1. The van der Waals surface area contributed by atoms with E-state index in [4.69, 9.17) is 21.1 Å². The third kappa shape index (κ3) is 4.63. The first-order valence-electron chi connectivity index (χ1n) is 7.12. The molecule has 0 aliphatic heterocycles. The zero-order valence-electron chi connectivity index (χ0n) is 13.2. The molecular formula is C17H17ClN2O4. The summed E-state index contributed by atoms with van der Waals surface area (Å²) in [6, 6.07) is 11.6. The quantitative estimate of drug-likeness (QED) is 0.621.